The zero-order valence-corrected chi connectivity index (χ0v) is 15.0. The van der Waals surface area contributed by atoms with Gasteiger partial charge in [-0.25, -0.2) is 0 Å². The fourth-order valence-electron chi connectivity index (χ4n) is 2.87. The smallest absolute Gasteiger partial charge is 0.234 e. The molecule has 0 radical (unpaired) electrons. The topological polar surface area (TPSA) is 52.7 Å². The van der Waals surface area contributed by atoms with E-state index in [4.69, 9.17) is 11.6 Å². The van der Waals surface area contributed by atoms with Crippen LogP contribution in [0.5, 0.6) is 0 Å². The van der Waals surface area contributed by atoms with E-state index < -0.39 is 0 Å². The number of carbonyl (C=O) groups is 2. The first kappa shape index (κ1) is 18.7. The maximum Gasteiger partial charge on any atom is 0.234 e. The molecule has 132 valence electrons. The minimum Gasteiger partial charge on any atom is -0.355 e. The van der Waals surface area contributed by atoms with Gasteiger partial charge >= 0.3 is 0 Å². The van der Waals surface area contributed by atoms with E-state index in [2.05, 4.69) is 10.2 Å². The molecule has 1 aromatic carbocycles. The lowest BCUT2D eigenvalue weighted by molar-refractivity contribution is -0.127. The molecule has 1 aliphatic rings. The van der Waals surface area contributed by atoms with Crippen LogP contribution in [0.4, 0.5) is 0 Å². The Labute approximate surface area is 149 Å². The summed E-state index contributed by atoms with van der Waals surface area (Å²) < 4.78 is 0. The monoisotopic (exact) mass is 351 g/mol. The van der Waals surface area contributed by atoms with Crippen LogP contribution in [0.2, 0.25) is 5.02 Å². The van der Waals surface area contributed by atoms with E-state index in [0.29, 0.717) is 31.1 Å². The Bertz CT molecular complexity index is 565. The van der Waals surface area contributed by atoms with Gasteiger partial charge in [-0.1, -0.05) is 30.7 Å². The molecule has 2 amide bonds. The van der Waals surface area contributed by atoms with Crippen LogP contribution in [-0.4, -0.2) is 54.3 Å². The molecule has 0 bridgehead atoms. The zero-order chi connectivity index (χ0) is 17.4. The first-order chi connectivity index (χ1) is 11.6. The van der Waals surface area contributed by atoms with Crippen molar-refractivity contribution in [3.05, 3.63) is 34.9 Å². The van der Waals surface area contributed by atoms with Gasteiger partial charge in [0.1, 0.15) is 0 Å². The molecular weight excluding hydrogens is 326 g/mol. The highest BCUT2D eigenvalue weighted by molar-refractivity contribution is 6.30. The number of likely N-dealkylation sites (N-methyl/N-ethyl adjacent to an activating group) is 1. The number of amides is 2. The molecule has 6 heteroatoms. The second-order valence-electron chi connectivity index (χ2n) is 6.12. The molecule has 1 aromatic rings. The summed E-state index contributed by atoms with van der Waals surface area (Å²) in [5, 5.41) is 3.65. The summed E-state index contributed by atoms with van der Waals surface area (Å²) in [5.74, 6) is 0.256. The number of hydrogen-bond acceptors (Lipinski definition) is 3. The van der Waals surface area contributed by atoms with Crippen LogP contribution < -0.4 is 5.32 Å². The molecule has 1 heterocycles. The maximum atomic E-state index is 12.1. The molecular formula is C18H26ClN3O2. The van der Waals surface area contributed by atoms with E-state index in [9.17, 15) is 9.59 Å². The van der Waals surface area contributed by atoms with Crippen LogP contribution in [-0.2, 0) is 16.1 Å². The highest BCUT2D eigenvalue weighted by Crippen LogP contribution is 2.12. The van der Waals surface area contributed by atoms with Gasteiger partial charge in [0.2, 0.25) is 11.8 Å². The molecule has 2 rings (SSSR count). The number of nitrogens with one attached hydrogen (secondary N) is 1. The first-order valence-electron chi connectivity index (χ1n) is 8.59. The van der Waals surface area contributed by atoms with Gasteiger partial charge in [-0.15, -0.1) is 0 Å². The minimum absolute atomic E-state index is 0.0200. The summed E-state index contributed by atoms with van der Waals surface area (Å²) in [6, 6.07) is 7.71. The number of hydrogen-bond donors (Lipinski definition) is 1. The summed E-state index contributed by atoms with van der Waals surface area (Å²) >= 11 is 6.00. The average molecular weight is 352 g/mol. The van der Waals surface area contributed by atoms with Gasteiger partial charge in [0, 0.05) is 37.6 Å². The molecule has 0 spiro atoms. The van der Waals surface area contributed by atoms with Crippen molar-refractivity contribution in [2.45, 2.75) is 32.7 Å². The number of benzene rings is 1. The molecule has 0 unspecified atom stereocenters. The van der Waals surface area contributed by atoms with Gasteiger partial charge in [-0.2, -0.15) is 0 Å². The Morgan fingerprint density at radius 2 is 2.25 bits per heavy atom. The first-order valence-corrected chi connectivity index (χ1v) is 8.97. The summed E-state index contributed by atoms with van der Waals surface area (Å²) in [5.41, 5.74) is 1.10. The van der Waals surface area contributed by atoms with Crippen molar-refractivity contribution in [2.75, 3.05) is 32.7 Å². The van der Waals surface area contributed by atoms with Crippen molar-refractivity contribution >= 4 is 23.4 Å². The highest BCUT2D eigenvalue weighted by Gasteiger charge is 2.19. The fraction of sp³-hybridized carbons (Fsp3) is 0.556. The van der Waals surface area contributed by atoms with Gasteiger partial charge in [-0.05, 0) is 37.1 Å². The number of rotatable bonds is 9. The lowest BCUT2D eigenvalue weighted by atomic mass is 10.2. The van der Waals surface area contributed by atoms with Crippen molar-refractivity contribution in [1.29, 1.82) is 0 Å². The molecule has 0 atom stereocenters. The highest BCUT2D eigenvalue weighted by atomic mass is 35.5. The van der Waals surface area contributed by atoms with Gasteiger partial charge in [-0.3, -0.25) is 14.5 Å². The lowest BCUT2D eigenvalue weighted by Crippen LogP contribution is -2.38. The number of halogens is 1. The van der Waals surface area contributed by atoms with E-state index in [1.54, 1.807) is 0 Å². The van der Waals surface area contributed by atoms with Crippen LogP contribution in [0.1, 0.15) is 31.7 Å². The third-order valence-corrected chi connectivity index (χ3v) is 4.44. The summed E-state index contributed by atoms with van der Waals surface area (Å²) in [7, 11) is 0. The molecule has 24 heavy (non-hydrogen) atoms. The predicted molar refractivity (Wildman–Crippen MR) is 95.8 cm³/mol. The maximum absolute atomic E-state index is 12.1. The van der Waals surface area contributed by atoms with Crippen LogP contribution in [0.25, 0.3) is 0 Å². The summed E-state index contributed by atoms with van der Waals surface area (Å²) in [6.45, 7) is 6.10. The molecule has 0 aliphatic carbocycles. The number of carbonyl (C=O) groups excluding carboxylic acids is 2. The Balaban J connectivity index is 1.67. The van der Waals surface area contributed by atoms with E-state index >= 15 is 0 Å². The zero-order valence-electron chi connectivity index (χ0n) is 14.3. The normalized spacial score (nSPS) is 14.5. The Kier molecular flexibility index (Phi) is 7.53. The van der Waals surface area contributed by atoms with Crippen LogP contribution >= 0.6 is 11.6 Å². The fourth-order valence-corrected chi connectivity index (χ4v) is 3.08. The quantitative estimate of drug-likeness (QED) is 0.694. The van der Waals surface area contributed by atoms with Crippen LogP contribution in [0.3, 0.4) is 0 Å². The van der Waals surface area contributed by atoms with Gasteiger partial charge in [0.25, 0.3) is 0 Å². The number of nitrogens with zero attached hydrogens (tertiary/aromatic N) is 2. The predicted octanol–water partition coefficient (Wildman–Crippen LogP) is 2.29. The third-order valence-electron chi connectivity index (χ3n) is 4.21. The van der Waals surface area contributed by atoms with E-state index in [1.807, 2.05) is 36.1 Å². The largest absolute Gasteiger partial charge is 0.355 e. The van der Waals surface area contributed by atoms with E-state index in [0.717, 1.165) is 38.0 Å². The second kappa shape index (κ2) is 9.64. The SMILES string of the molecule is CCN(CC(=O)NCCCN1CCCC1=O)Cc1cccc(Cl)c1. The minimum atomic E-state index is 0.0200. The standard InChI is InChI=1S/C18H26ClN3O2/c1-2-21(13-15-6-3-7-16(19)12-15)14-17(23)20-9-5-11-22-10-4-8-18(22)24/h3,6-7,12H,2,4-5,8-11,13-14H2,1H3,(H,20,23). The summed E-state index contributed by atoms with van der Waals surface area (Å²) in [4.78, 5) is 27.5. The van der Waals surface area contributed by atoms with Gasteiger partial charge in [0.05, 0.1) is 6.54 Å². The van der Waals surface area contributed by atoms with Crippen molar-refractivity contribution < 1.29 is 9.59 Å². The third kappa shape index (κ3) is 6.13. The van der Waals surface area contributed by atoms with E-state index in [-0.39, 0.29) is 11.8 Å². The molecule has 5 nitrogen and oxygen atoms in total. The van der Waals surface area contributed by atoms with Gasteiger partial charge < -0.3 is 10.2 Å². The Hall–Kier alpha value is -1.59. The Morgan fingerprint density at radius 3 is 2.92 bits per heavy atom. The Morgan fingerprint density at radius 1 is 1.42 bits per heavy atom. The van der Waals surface area contributed by atoms with Crippen molar-refractivity contribution in [3.63, 3.8) is 0 Å². The molecule has 1 fully saturated rings. The van der Waals surface area contributed by atoms with Crippen molar-refractivity contribution in [2.24, 2.45) is 0 Å². The van der Waals surface area contributed by atoms with Crippen molar-refractivity contribution in [3.8, 4) is 0 Å². The second-order valence-corrected chi connectivity index (χ2v) is 6.56. The molecule has 1 N–H and O–H groups in total. The lowest BCUT2D eigenvalue weighted by Gasteiger charge is -2.20. The average Bonchev–Trinajstić information content (AvgIpc) is 2.96. The molecule has 1 aliphatic heterocycles. The molecule has 0 saturated carbocycles. The van der Waals surface area contributed by atoms with Crippen LogP contribution in [0.15, 0.2) is 24.3 Å². The number of likely N-dealkylation sites (tertiary alicyclic amines) is 1. The van der Waals surface area contributed by atoms with E-state index in [1.165, 1.54) is 0 Å². The summed E-state index contributed by atoms with van der Waals surface area (Å²) in [6.07, 6.45) is 2.43. The van der Waals surface area contributed by atoms with Crippen LogP contribution in [0, 0.1) is 0 Å². The van der Waals surface area contributed by atoms with Gasteiger partial charge in [0.15, 0.2) is 0 Å². The molecule has 0 aromatic heterocycles. The molecule has 1 saturated heterocycles. The van der Waals surface area contributed by atoms with Crippen molar-refractivity contribution in [1.82, 2.24) is 15.1 Å².